The van der Waals surface area contributed by atoms with Gasteiger partial charge < -0.3 is 5.32 Å². The first kappa shape index (κ1) is 11.6. The second-order valence-electron chi connectivity index (χ2n) is 4.90. The van der Waals surface area contributed by atoms with Crippen molar-refractivity contribution in [3.63, 3.8) is 0 Å². The van der Waals surface area contributed by atoms with Gasteiger partial charge in [-0.2, -0.15) is 0 Å². The Morgan fingerprint density at radius 3 is 2.88 bits per heavy atom. The van der Waals surface area contributed by atoms with Crippen LogP contribution in [-0.2, 0) is 6.42 Å². The van der Waals surface area contributed by atoms with E-state index in [1.807, 2.05) is 19.9 Å². The number of aryl methyl sites for hydroxylation is 1. The fourth-order valence-electron chi connectivity index (χ4n) is 2.49. The molecule has 88 valence electrons. The summed E-state index contributed by atoms with van der Waals surface area (Å²) in [6.07, 6.45) is 3.52. The van der Waals surface area contributed by atoms with E-state index in [9.17, 15) is 4.39 Å². The van der Waals surface area contributed by atoms with E-state index in [4.69, 9.17) is 0 Å². The van der Waals surface area contributed by atoms with Gasteiger partial charge in [0.15, 0.2) is 0 Å². The van der Waals surface area contributed by atoms with Crippen molar-refractivity contribution in [2.24, 2.45) is 5.92 Å². The maximum Gasteiger partial charge on any atom is 0.129 e. The maximum absolute atomic E-state index is 13.7. The van der Waals surface area contributed by atoms with E-state index < -0.39 is 0 Å². The summed E-state index contributed by atoms with van der Waals surface area (Å²) in [4.78, 5) is 0. The standard InChI is InChI=1S/C14H20FN/c1-10-5-6-13(11(2)14(10)15)8-12-4-3-7-16-9-12/h5-6,12,16H,3-4,7-9H2,1-2H3. The molecular formula is C14H20FN. The quantitative estimate of drug-likeness (QED) is 0.809. The van der Waals surface area contributed by atoms with Crippen molar-refractivity contribution in [1.29, 1.82) is 0 Å². The molecule has 0 aliphatic carbocycles. The molecule has 1 saturated heterocycles. The van der Waals surface area contributed by atoms with E-state index in [2.05, 4.69) is 11.4 Å². The van der Waals surface area contributed by atoms with Crippen LogP contribution in [0.5, 0.6) is 0 Å². The zero-order valence-electron chi connectivity index (χ0n) is 10.1. The highest BCUT2D eigenvalue weighted by molar-refractivity contribution is 5.32. The Bertz CT molecular complexity index is 367. The molecule has 16 heavy (non-hydrogen) atoms. The highest BCUT2D eigenvalue weighted by atomic mass is 19.1. The molecule has 0 bridgehead atoms. The Balaban J connectivity index is 2.11. The van der Waals surface area contributed by atoms with Crippen molar-refractivity contribution in [3.8, 4) is 0 Å². The summed E-state index contributed by atoms with van der Waals surface area (Å²) in [6, 6.07) is 3.98. The molecule has 0 radical (unpaired) electrons. The number of hydrogen-bond acceptors (Lipinski definition) is 1. The molecule has 1 aliphatic heterocycles. The Kier molecular flexibility index (Phi) is 3.59. The average Bonchev–Trinajstić information content (AvgIpc) is 2.31. The van der Waals surface area contributed by atoms with Gasteiger partial charge >= 0.3 is 0 Å². The molecule has 1 atom stereocenters. The summed E-state index contributed by atoms with van der Waals surface area (Å²) in [6.45, 7) is 5.94. The SMILES string of the molecule is Cc1ccc(CC2CCCNC2)c(C)c1F. The van der Waals surface area contributed by atoms with Gasteiger partial charge in [0.2, 0.25) is 0 Å². The van der Waals surface area contributed by atoms with Crippen molar-refractivity contribution in [3.05, 3.63) is 34.6 Å². The second kappa shape index (κ2) is 4.96. The molecule has 1 heterocycles. The average molecular weight is 221 g/mol. The number of piperidine rings is 1. The minimum atomic E-state index is -0.0266. The molecule has 1 aliphatic rings. The van der Waals surface area contributed by atoms with Crippen LogP contribution in [0.2, 0.25) is 0 Å². The minimum Gasteiger partial charge on any atom is -0.316 e. The van der Waals surface area contributed by atoms with Crippen molar-refractivity contribution in [2.75, 3.05) is 13.1 Å². The third-order valence-corrected chi connectivity index (χ3v) is 3.60. The molecule has 0 spiro atoms. The summed E-state index contributed by atoms with van der Waals surface area (Å²) in [5, 5.41) is 3.41. The number of rotatable bonds is 2. The molecule has 0 amide bonds. The molecule has 1 nitrogen and oxygen atoms in total. The molecule has 1 fully saturated rings. The molecule has 2 heteroatoms. The zero-order chi connectivity index (χ0) is 11.5. The lowest BCUT2D eigenvalue weighted by molar-refractivity contribution is 0.375. The summed E-state index contributed by atoms with van der Waals surface area (Å²) >= 11 is 0. The van der Waals surface area contributed by atoms with Gasteiger partial charge in [-0.15, -0.1) is 0 Å². The number of benzene rings is 1. The fourth-order valence-corrected chi connectivity index (χ4v) is 2.49. The van der Waals surface area contributed by atoms with Gasteiger partial charge in [-0.3, -0.25) is 0 Å². The Labute approximate surface area is 97.1 Å². The first-order chi connectivity index (χ1) is 7.68. The molecule has 0 aromatic heterocycles. The van der Waals surface area contributed by atoms with Crippen LogP contribution in [-0.4, -0.2) is 13.1 Å². The molecule has 2 rings (SSSR count). The van der Waals surface area contributed by atoms with Gasteiger partial charge in [0.25, 0.3) is 0 Å². The number of nitrogens with one attached hydrogen (secondary N) is 1. The predicted molar refractivity (Wildman–Crippen MR) is 65.2 cm³/mol. The van der Waals surface area contributed by atoms with Crippen LogP contribution in [0, 0.1) is 25.6 Å². The molecule has 0 saturated carbocycles. The first-order valence-corrected chi connectivity index (χ1v) is 6.14. The monoisotopic (exact) mass is 221 g/mol. The van der Waals surface area contributed by atoms with E-state index >= 15 is 0 Å². The van der Waals surface area contributed by atoms with Gasteiger partial charge in [-0.25, -0.2) is 4.39 Å². The highest BCUT2D eigenvalue weighted by Gasteiger charge is 2.15. The van der Waals surface area contributed by atoms with Crippen LogP contribution in [0.25, 0.3) is 0 Å². The van der Waals surface area contributed by atoms with Gasteiger partial charge in [-0.05, 0) is 68.8 Å². The Morgan fingerprint density at radius 1 is 1.38 bits per heavy atom. The van der Waals surface area contributed by atoms with Crippen LogP contribution >= 0.6 is 0 Å². The normalized spacial score (nSPS) is 21.1. The molecule has 1 aromatic rings. The number of halogens is 1. The Morgan fingerprint density at radius 2 is 2.19 bits per heavy atom. The molecular weight excluding hydrogens is 201 g/mol. The summed E-state index contributed by atoms with van der Waals surface area (Å²) in [5.74, 6) is 0.649. The minimum absolute atomic E-state index is 0.0266. The summed E-state index contributed by atoms with van der Waals surface area (Å²) in [5.41, 5.74) is 2.77. The van der Waals surface area contributed by atoms with Gasteiger partial charge in [0, 0.05) is 0 Å². The van der Waals surface area contributed by atoms with Crippen molar-refractivity contribution in [2.45, 2.75) is 33.1 Å². The maximum atomic E-state index is 13.7. The lowest BCUT2D eigenvalue weighted by Gasteiger charge is -2.23. The van der Waals surface area contributed by atoms with Crippen molar-refractivity contribution >= 4 is 0 Å². The molecule has 1 N–H and O–H groups in total. The van der Waals surface area contributed by atoms with Crippen molar-refractivity contribution in [1.82, 2.24) is 5.32 Å². The zero-order valence-corrected chi connectivity index (χ0v) is 10.1. The van der Waals surface area contributed by atoms with E-state index in [1.54, 1.807) is 0 Å². The lowest BCUT2D eigenvalue weighted by Crippen LogP contribution is -2.31. The van der Waals surface area contributed by atoms with E-state index in [1.165, 1.54) is 18.4 Å². The number of hydrogen-bond donors (Lipinski definition) is 1. The Hall–Kier alpha value is -0.890. The molecule has 1 unspecified atom stereocenters. The van der Waals surface area contributed by atoms with Crippen LogP contribution in [0.3, 0.4) is 0 Å². The summed E-state index contributed by atoms with van der Waals surface area (Å²) < 4.78 is 13.7. The fraction of sp³-hybridized carbons (Fsp3) is 0.571. The topological polar surface area (TPSA) is 12.0 Å². The lowest BCUT2D eigenvalue weighted by atomic mass is 9.90. The van der Waals surface area contributed by atoms with Gasteiger partial charge in [0.05, 0.1) is 0 Å². The van der Waals surface area contributed by atoms with Crippen LogP contribution in [0.4, 0.5) is 4.39 Å². The second-order valence-corrected chi connectivity index (χ2v) is 4.90. The summed E-state index contributed by atoms with van der Waals surface area (Å²) in [7, 11) is 0. The first-order valence-electron chi connectivity index (χ1n) is 6.14. The van der Waals surface area contributed by atoms with E-state index in [0.717, 1.165) is 30.6 Å². The third-order valence-electron chi connectivity index (χ3n) is 3.60. The van der Waals surface area contributed by atoms with Crippen LogP contribution in [0.1, 0.15) is 29.5 Å². The van der Waals surface area contributed by atoms with Crippen LogP contribution < -0.4 is 5.32 Å². The molecule has 1 aromatic carbocycles. The van der Waals surface area contributed by atoms with E-state index in [-0.39, 0.29) is 5.82 Å². The highest BCUT2D eigenvalue weighted by Crippen LogP contribution is 2.22. The largest absolute Gasteiger partial charge is 0.316 e. The van der Waals surface area contributed by atoms with Gasteiger partial charge in [0.1, 0.15) is 5.82 Å². The third kappa shape index (κ3) is 2.43. The van der Waals surface area contributed by atoms with Crippen LogP contribution in [0.15, 0.2) is 12.1 Å². The smallest absolute Gasteiger partial charge is 0.129 e. The predicted octanol–water partition coefficient (Wildman–Crippen LogP) is 2.98. The van der Waals surface area contributed by atoms with Gasteiger partial charge in [-0.1, -0.05) is 12.1 Å². The van der Waals surface area contributed by atoms with Crippen molar-refractivity contribution < 1.29 is 4.39 Å². The van der Waals surface area contributed by atoms with E-state index in [0.29, 0.717) is 5.92 Å².